The summed E-state index contributed by atoms with van der Waals surface area (Å²) in [7, 11) is 1.62. The molecule has 0 radical (unpaired) electrons. The summed E-state index contributed by atoms with van der Waals surface area (Å²) < 4.78 is 0. The molecule has 0 aromatic heterocycles. The van der Waals surface area contributed by atoms with Crippen molar-refractivity contribution in [1.82, 2.24) is 5.01 Å². The number of nitrogens with two attached hydrogens (primary N) is 1. The van der Waals surface area contributed by atoms with Gasteiger partial charge < -0.3 is 0 Å². The van der Waals surface area contributed by atoms with Gasteiger partial charge in [0.25, 0.3) is 0 Å². The van der Waals surface area contributed by atoms with E-state index >= 15 is 0 Å². The Morgan fingerprint density at radius 3 is 2.33 bits per heavy atom. The number of likely N-dealkylation sites (N-methyl/N-ethyl adjacent to an activating group) is 1. The lowest BCUT2D eigenvalue weighted by atomic mass is 9.91. The summed E-state index contributed by atoms with van der Waals surface area (Å²) in [6, 6.07) is 8.48. The molecule has 0 spiro atoms. The monoisotopic (exact) mass is 246 g/mol. The highest BCUT2D eigenvalue weighted by atomic mass is 16.2. The highest BCUT2D eigenvalue weighted by Gasteiger charge is 2.52. The van der Waals surface area contributed by atoms with Crippen LogP contribution in [-0.4, -0.2) is 18.0 Å². The van der Waals surface area contributed by atoms with Crippen molar-refractivity contribution in [3.8, 4) is 0 Å². The summed E-state index contributed by atoms with van der Waals surface area (Å²) >= 11 is 0. The Kier molecular flexibility index (Phi) is 3.44. The number of hydrogen-bond acceptors (Lipinski definition) is 2. The first-order chi connectivity index (χ1) is 8.51. The zero-order valence-electron chi connectivity index (χ0n) is 11.4. The van der Waals surface area contributed by atoms with Crippen LogP contribution in [-0.2, 0) is 10.2 Å². The maximum Gasteiger partial charge on any atom is 0.246 e. The standard InChI is InChI=1S/C15H22N2O/c1-4-11(2)12-5-7-13(8-6-12)15(9-10-15)14(18)17(3)16/h5-8,11H,4,9-10,16H2,1-3H3. The van der Waals surface area contributed by atoms with Crippen LogP contribution < -0.4 is 5.84 Å². The summed E-state index contributed by atoms with van der Waals surface area (Å²) in [4.78, 5) is 12.1. The van der Waals surface area contributed by atoms with Gasteiger partial charge in [-0.05, 0) is 36.3 Å². The molecule has 3 nitrogen and oxygen atoms in total. The first-order valence-corrected chi connectivity index (χ1v) is 6.64. The first kappa shape index (κ1) is 13.1. The van der Waals surface area contributed by atoms with Crippen molar-refractivity contribution in [3.63, 3.8) is 0 Å². The summed E-state index contributed by atoms with van der Waals surface area (Å²) in [5, 5.41) is 1.22. The van der Waals surface area contributed by atoms with E-state index in [0.29, 0.717) is 5.92 Å². The zero-order valence-corrected chi connectivity index (χ0v) is 11.4. The highest BCUT2D eigenvalue weighted by Crippen LogP contribution is 2.49. The predicted molar refractivity (Wildman–Crippen MR) is 73.0 cm³/mol. The van der Waals surface area contributed by atoms with Gasteiger partial charge in [-0.3, -0.25) is 9.80 Å². The molecule has 2 N–H and O–H groups in total. The second kappa shape index (κ2) is 4.73. The van der Waals surface area contributed by atoms with Crippen molar-refractivity contribution < 1.29 is 4.79 Å². The number of rotatable bonds is 4. The fraction of sp³-hybridized carbons (Fsp3) is 0.533. The van der Waals surface area contributed by atoms with Crippen molar-refractivity contribution in [2.45, 2.75) is 44.4 Å². The molecule has 0 saturated heterocycles. The third kappa shape index (κ3) is 2.15. The second-order valence-corrected chi connectivity index (χ2v) is 5.43. The summed E-state index contributed by atoms with van der Waals surface area (Å²) in [6.45, 7) is 4.41. The molecule has 18 heavy (non-hydrogen) atoms. The largest absolute Gasteiger partial charge is 0.283 e. The van der Waals surface area contributed by atoms with Crippen molar-refractivity contribution in [2.75, 3.05) is 7.05 Å². The molecule has 0 bridgehead atoms. The maximum atomic E-state index is 12.1. The van der Waals surface area contributed by atoms with Crippen molar-refractivity contribution in [1.29, 1.82) is 0 Å². The average Bonchev–Trinajstić information content (AvgIpc) is 3.18. The Bertz CT molecular complexity index is 432. The lowest BCUT2D eigenvalue weighted by Crippen LogP contribution is -2.41. The summed E-state index contributed by atoms with van der Waals surface area (Å²) in [5.41, 5.74) is 2.11. The third-order valence-corrected chi connectivity index (χ3v) is 4.12. The van der Waals surface area contributed by atoms with E-state index < -0.39 is 0 Å². The molecule has 3 heteroatoms. The molecule has 1 amide bonds. The molecule has 1 aromatic rings. The van der Waals surface area contributed by atoms with Gasteiger partial charge in [0.2, 0.25) is 5.91 Å². The molecule has 1 fully saturated rings. The number of benzene rings is 1. The Balaban J connectivity index is 2.22. The second-order valence-electron chi connectivity index (χ2n) is 5.43. The topological polar surface area (TPSA) is 46.3 Å². The Hall–Kier alpha value is -1.35. The van der Waals surface area contributed by atoms with Crippen LogP contribution in [0.5, 0.6) is 0 Å². The van der Waals surface area contributed by atoms with Crippen LogP contribution in [0.15, 0.2) is 24.3 Å². The Morgan fingerprint density at radius 1 is 1.39 bits per heavy atom. The molecular weight excluding hydrogens is 224 g/mol. The first-order valence-electron chi connectivity index (χ1n) is 6.64. The van der Waals surface area contributed by atoms with Crippen molar-refractivity contribution in [2.24, 2.45) is 5.84 Å². The van der Waals surface area contributed by atoms with E-state index in [1.165, 1.54) is 10.6 Å². The molecule has 1 saturated carbocycles. The number of carbonyl (C=O) groups is 1. The van der Waals surface area contributed by atoms with E-state index in [0.717, 1.165) is 24.8 Å². The minimum absolute atomic E-state index is 0.0267. The molecule has 1 aliphatic carbocycles. The van der Waals surface area contributed by atoms with Gasteiger partial charge >= 0.3 is 0 Å². The molecule has 1 aliphatic rings. The fourth-order valence-corrected chi connectivity index (χ4v) is 2.45. The quantitative estimate of drug-likeness (QED) is 0.504. The van der Waals surface area contributed by atoms with Gasteiger partial charge in [-0.15, -0.1) is 0 Å². The van der Waals surface area contributed by atoms with Gasteiger partial charge in [0.05, 0.1) is 5.41 Å². The van der Waals surface area contributed by atoms with Crippen molar-refractivity contribution in [3.05, 3.63) is 35.4 Å². The molecule has 98 valence electrons. The van der Waals surface area contributed by atoms with Crippen LogP contribution in [0.4, 0.5) is 0 Å². The average molecular weight is 246 g/mol. The number of nitrogens with zero attached hydrogens (tertiary/aromatic N) is 1. The van der Waals surface area contributed by atoms with Crippen LogP contribution in [0, 0.1) is 0 Å². The summed E-state index contributed by atoms with van der Waals surface area (Å²) in [5.74, 6) is 6.18. The molecule has 1 unspecified atom stereocenters. The molecule has 1 atom stereocenters. The fourth-order valence-electron chi connectivity index (χ4n) is 2.45. The van der Waals surface area contributed by atoms with Gasteiger partial charge in [-0.25, -0.2) is 5.84 Å². The number of carbonyl (C=O) groups excluding carboxylic acids is 1. The zero-order chi connectivity index (χ0) is 13.3. The molecule has 1 aromatic carbocycles. The van der Waals surface area contributed by atoms with E-state index in [1.54, 1.807) is 7.05 Å². The maximum absolute atomic E-state index is 12.1. The van der Waals surface area contributed by atoms with Gasteiger partial charge in [-0.2, -0.15) is 0 Å². The van der Waals surface area contributed by atoms with Crippen LogP contribution >= 0.6 is 0 Å². The third-order valence-electron chi connectivity index (χ3n) is 4.12. The van der Waals surface area contributed by atoms with E-state index in [1.807, 2.05) is 0 Å². The van der Waals surface area contributed by atoms with Gasteiger partial charge in [0.1, 0.15) is 0 Å². The van der Waals surface area contributed by atoms with Crippen LogP contribution in [0.1, 0.15) is 50.2 Å². The normalized spacial score (nSPS) is 18.2. The summed E-state index contributed by atoms with van der Waals surface area (Å²) in [6.07, 6.45) is 2.96. The van der Waals surface area contributed by atoms with E-state index in [-0.39, 0.29) is 11.3 Å². The number of amides is 1. The molecular formula is C15H22N2O. The van der Waals surface area contributed by atoms with Crippen LogP contribution in [0.3, 0.4) is 0 Å². The molecule has 0 heterocycles. The minimum Gasteiger partial charge on any atom is -0.283 e. The Morgan fingerprint density at radius 2 is 1.94 bits per heavy atom. The minimum atomic E-state index is -0.336. The van der Waals surface area contributed by atoms with E-state index in [2.05, 4.69) is 38.1 Å². The predicted octanol–water partition coefficient (Wildman–Crippen LogP) is 2.56. The van der Waals surface area contributed by atoms with Crippen molar-refractivity contribution >= 4 is 5.91 Å². The lowest BCUT2D eigenvalue weighted by Gasteiger charge is -2.20. The number of hydrogen-bond donors (Lipinski definition) is 1. The van der Waals surface area contributed by atoms with Gasteiger partial charge in [0, 0.05) is 7.05 Å². The van der Waals surface area contributed by atoms with E-state index in [9.17, 15) is 4.79 Å². The van der Waals surface area contributed by atoms with Crippen LogP contribution in [0.25, 0.3) is 0 Å². The SMILES string of the molecule is CCC(C)c1ccc(C2(C(=O)N(C)N)CC2)cc1. The smallest absolute Gasteiger partial charge is 0.246 e. The van der Waals surface area contributed by atoms with E-state index in [4.69, 9.17) is 5.84 Å². The number of hydrazine groups is 1. The lowest BCUT2D eigenvalue weighted by molar-refractivity contribution is -0.132. The van der Waals surface area contributed by atoms with Gasteiger partial charge in [0.15, 0.2) is 0 Å². The Labute approximate surface area is 109 Å². The van der Waals surface area contributed by atoms with Gasteiger partial charge in [-0.1, -0.05) is 38.1 Å². The molecule has 0 aliphatic heterocycles. The highest BCUT2D eigenvalue weighted by molar-refractivity contribution is 5.90. The molecule has 2 rings (SSSR count). The van der Waals surface area contributed by atoms with Crippen LogP contribution in [0.2, 0.25) is 0 Å².